The van der Waals surface area contributed by atoms with Gasteiger partial charge >= 0.3 is 0 Å². The first-order valence-corrected chi connectivity index (χ1v) is 10.6. The number of carbonyl (C=O) groups is 2. The first-order valence-electron chi connectivity index (χ1n) is 10.6. The minimum absolute atomic E-state index is 0.0679. The largest absolute Gasteiger partial charge is 0.507 e. The summed E-state index contributed by atoms with van der Waals surface area (Å²) in [4.78, 5) is 28.1. The van der Waals surface area contributed by atoms with Gasteiger partial charge in [0.1, 0.15) is 11.5 Å². The van der Waals surface area contributed by atoms with Crippen LogP contribution in [-0.4, -0.2) is 23.9 Å². The van der Waals surface area contributed by atoms with Crippen LogP contribution in [0.3, 0.4) is 0 Å². The number of rotatable bonds is 4. The molecule has 4 aromatic carbocycles. The zero-order valence-corrected chi connectivity index (χ0v) is 17.9. The van der Waals surface area contributed by atoms with Gasteiger partial charge in [-0.15, -0.1) is 0 Å². The van der Waals surface area contributed by atoms with E-state index in [2.05, 4.69) is 0 Å². The molecule has 1 atom stereocenters. The lowest BCUT2D eigenvalue weighted by Crippen LogP contribution is -2.29. The van der Waals surface area contributed by atoms with Crippen LogP contribution in [0.5, 0.6) is 5.75 Å². The Morgan fingerprint density at radius 2 is 1.48 bits per heavy atom. The van der Waals surface area contributed by atoms with Gasteiger partial charge < -0.3 is 9.84 Å². The molecule has 0 spiro atoms. The van der Waals surface area contributed by atoms with Crippen molar-refractivity contribution in [1.82, 2.24) is 0 Å². The van der Waals surface area contributed by atoms with Crippen molar-refractivity contribution < 1.29 is 19.4 Å². The predicted octanol–water partition coefficient (Wildman–Crippen LogP) is 5.47. The van der Waals surface area contributed by atoms with E-state index in [4.69, 9.17) is 4.74 Å². The third-order valence-electron chi connectivity index (χ3n) is 5.96. The average Bonchev–Trinajstić information content (AvgIpc) is 3.14. The van der Waals surface area contributed by atoms with Crippen molar-refractivity contribution in [3.8, 4) is 5.75 Å². The van der Waals surface area contributed by atoms with E-state index in [-0.39, 0.29) is 11.3 Å². The summed E-state index contributed by atoms with van der Waals surface area (Å²) in [5.74, 6) is -0.954. The number of nitrogens with zero attached hydrogens (tertiary/aromatic N) is 1. The molecule has 5 heteroatoms. The van der Waals surface area contributed by atoms with E-state index in [1.54, 1.807) is 55.6 Å². The first kappa shape index (κ1) is 20.5. The fourth-order valence-electron chi connectivity index (χ4n) is 4.38. The Bertz CT molecular complexity index is 1390. The minimum Gasteiger partial charge on any atom is -0.507 e. The zero-order valence-electron chi connectivity index (χ0n) is 17.9. The average molecular weight is 435 g/mol. The molecule has 0 radical (unpaired) electrons. The van der Waals surface area contributed by atoms with Gasteiger partial charge in [-0.1, -0.05) is 72.8 Å². The number of ether oxygens (including phenoxy) is 1. The van der Waals surface area contributed by atoms with Crippen LogP contribution in [-0.2, 0) is 9.59 Å². The molecule has 1 fully saturated rings. The molecule has 0 saturated carbocycles. The normalized spacial score (nSPS) is 17.5. The molecule has 5 nitrogen and oxygen atoms in total. The fraction of sp³-hybridized carbons (Fsp3) is 0.0714. The molecule has 0 aliphatic carbocycles. The zero-order chi connectivity index (χ0) is 22.9. The minimum atomic E-state index is -0.787. The van der Waals surface area contributed by atoms with Crippen LogP contribution in [0.2, 0.25) is 0 Å². The van der Waals surface area contributed by atoms with E-state index in [0.29, 0.717) is 17.0 Å². The highest BCUT2D eigenvalue weighted by molar-refractivity contribution is 6.51. The van der Waals surface area contributed by atoms with Crippen LogP contribution in [0.25, 0.3) is 16.5 Å². The van der Waals surface area contributed by atoms with E-state index in [9.17, 15) is 14.7 Å². The first-order chi connectivity index (χ1) is 16.1. The molecule has 1 aliphatic rings. The smallest absolute Gasteiger partial charge is 0.300 e. The van der Waals surface area contributed by atoms with E-state index >= 15 is 0 Å². The van der Waals surface area contributed by atoms with Crippen LogP contribution in [0.4, 0.5) is 5.69 Å². The van der Waals surface area contributed by atoms with Gasteiger partial charge in [-0.2, -0.15) is 0 Å². The van der Waals surface area contributed by atoms with E-state index in [0.717, 1.165) is 16.3 Å². The highest BCUT2D eigenvalue weighted by Gasteiger charge is 2.47. The number of methoxy groups -OCH3 is 1. The number of ketones is 1. The second kappa shape index (κ2) is 8.28. The van der Waals surface area contributed by atoms with Crippen molar-refractivity contribution in [1.29, 1.82) is 0 Å². The lowest BCUT2D eigenvalue weighted by Gasteiger charge is -2.26. The number of benzene rings is 4. The standard InChI is InChI=1S/C28H21NO4/c1-33-21-16-14-20(15-17-21)29-25(23-13-7-11-18-8-5-6-12-22(18)23)24(27(31)28(29)32)26(30)19-9-3-2-4-10-19/h2-17,25,30H,1H3/b26-24-. The van der Waals surface area contributed by atoms with Crippen molar-refractivity contribution in [2.24, 2.45) is 0 Å². The Labute approximate surface area is 191 Å². The summed E-state index contributed by atoms with van der Waals surface area (Å²) in [5.41, 5.74) is 1.86. The van der Waals surface area contributed by atoms with Crippen molar-refractivity contribution in [3.05, 3.63) is 114 Å². The van der Waals surface area contributed by atoms with Gasteiger partial charge in [0.15, 0.2) is 0 Å². The molecule has 4 aromatic rings. The van der Waals surface area contributed by atoms with Crippen molar-refractivity contribution in [3.63, 3.8) is 0 Å². The maximum Gasteiger partial charge on any atom is 0.300 e. The van der Waals surface area contributed by atoms with E-state index < -0.39 is 17.7 Å². The summed E-state index contributed by atoms with van der Waals surface area (Å²) in [6.07, 6.45) is 0. The van der Waals surface area contributed by atoms with Crippen LogP contribution in [0, 0.1) is 0 Å². The second-order valence-electron chi connectivity index (χ2n) is 7.80. The van der Waals surface area contributed by atoms with E-state index in [1.807, 2.05) is 48.5 Å². The molecule has 1 saturated heterocycles. The highest BCUT2D eigenvalue weighted by Crippen LogP contribution is 2.44. The lowest BCUT2D eigenvalue weighted by molar-refractivity contribution is -0.132. The van der Waals surface area contributed by atoms with Crippen LogP contribution < -0.4 is 9.64 Å². The number of anilines is 1. The summed E-state index contributed by atoms with van der Waals surface area (Å²) < 4.78 is 5.25. The van der Waals surface area contributed by atoms with Gasteiger partial charge in [0.05, 0.1) is 18.7 Å². The molecule has 0 aromatic heterocycles. The maximum atomic E-state index is 13.3. The molecule has 0 bridgehead atoms. The van der Waals surface area contributed by atoms with Crippen LogP contribution in [0.1, 0.15) is 17.2 Å². The third-order valence-corrected chi connectivity index (χ3v) is 5.96. The van der Waals surface area contributed by atoms with Crippen molar-refractivity contribution in [2.75, 3.05) is 12.0 Å². The van der Waals surface area contributed by atoms with Gasteiger partial charge in [-0.25, -0.2) is 0 Å². The molecule has 5 rings (SSSR count). The topological polar surface area (TPSA) is 66.8 Å². The van der Waals surface area contributed by atoms with Crippen LogP contribution >= 0.6 is 0 Å². The Morgan fingerprint density at radius 1 is 0.818 bits per heavy atom. The molecule has 162 valence electrons. The molecule has 33 heavy (non-hydrogen) atoms. The predicted molar refractivity (Wildman–Crippen MR) is 128 cm³/mol. The van der Waals surface area contributed by atoms with Gasteiger partial charge in [-0.3, -0.25) is 14.5 Å². The molecule has 1 aliphatic heterocycles. The summed E-state index contributed by atoms with van der Waals surface area (Å²) in [6, 6.07) is 28.6. The molecule has 1 heterocycles. The summed E-state index contributed by atoms with van der Waals surface area (Å²) in [5, 5.41) is 13.1. The van der Waals surface area contributed by atoms with Crippen molar-refractivity contribution in [2.45, 2.75) is 6.04 Å². The molecule has 1 N–H and O–H groups in total. The number of carbonyl (C=O) groups excluding carboxylic acids is 2. The highest BCUT2D eigenvalue weighted by atomic mass is 16.5. The van der Waals surface area contributed by atoms with Crippen molar-refractivity contribution >= 4 is 33.9 Å². The monoisotopic (exact) mass is 435 g/mol. The number of hydrogen-bond acceptors (Lipinski definition) is 4. The number of hydrogen-bond donors (Lipinski definition) is 1. The fourth-order valence-corrected chi connectivity index (χ4v) is 4.38. The van der Waals surface area contributed by atoms with E-state index in [1.165, 1.54) is 4.90 Å². The number of aliphatic hydroxyl groups is 1. The second-order valence-corrected chi connectivity index (χ2v) is 7.80. The summed E-state index contributed by atoms with van der Waals surface area (Å²) in [7, 11) is 1.57. The SMILES string of the molecule is COc1ccc(N2C(=O)C(=O)/C(=C(\O)c3ccccc3)C2c2cccc3ccccc23)cc1. The third kappa shape index (κ3) is 3.44. The lowest BCUT2D eigenvalue weighted by atomic mass is 9.91. The van der Waals surface area contributed by atoms with Gasteiger partial charge in [0, 0.05) is 11.3 Å². The Balaban J connectivity index is 1.79. The van der Waals surface area contributed by atoms with Crippen LogP contribution in [0.15, 0.2) is 103 Å². The summed E-state index contributed by atoms with van der Waals surface area (Å²) in [6.45, 7) is 0. The molecule has 1 amide bonds. The molecule has 1 unspecified atom stereocenters. The summed E-state index contributed by atoms with van der Waals surface area (Å²) >= 11 is 0. The maximum absolute atomic E-state index is 13.3. The number of amides is 1. The number of Topliss-reactive ketones (excluding diaryl/α,β-unsaturated/α-hetero) is 1. The Morgan fingerprint density at radius 3 is 2.21 bits per heavy atom. The molecular weight excluding hydrogens is 414 g/mol. The van der Waals surface area contributed by atoms with Gasteiger partial charge in [-0.05, 0) is 40.6 Å². The molecular formula is C28H21NO4. The quantitative estimate of drug-likeness (QED) is 0.262. The number of fused-ring (bicyclic) bond motifs is 1. The van der Waals surface area contributed by atoms with Gasteiger partial charge in [0.2, 0.25) is 0 Å². The number of aliphatic hydroxyl groups excluding tert-OH is 1. The Kier molecular flexibility index (Phi) is 5.15. The van der Waals surface area contributed by atoms with Gasteiger partial charge in [0.25, 0.3) is 11.7 Å². The Hall–Kier alpha value is -4.38.